The Hall–Kier alpha value is -1.40. The van der Waals surface area contributed by atoms with E-state index in [2.05, 4.69) is 6.92 Å². The van der Waals surface area contributed by atoms with Crippen LogP contribution in [-0.4, -0.2) is 49.7 Å². The molecule has 2 saturated heterocycles. The number of sulfonamides is 1. The molecule has 6 heteroatoms. The van der Waals surface area contributed by atoms with Crippen LogP contribution in [-0.2, 0) is 14.8 Å². The highest BCUT2D eigenvalue weighted by atomic mass is 32.2. The Morgan fingerprint density at radius 1 is 1.04 bits per heavy atom. The molecular formula is C18H26N2O3S. The second-order valence-electron chi connectivity index (χ2n) is 7.02. The summed E-state index contributed by atoms with van der Waals surface area (Å²) in [5, 5.41) is 0. The van der Waals surface area contributed by atoms with Crippen molar-refractivity contribution in [3.05, 3.63) is 30.3 Å². The van der Waals surface area contributed by atoms with E-state index in [0.717, 1.165) is 19.5 Å². The fourth-order valence-electron chi connectivity index (χ4n) is 3.73. The van der Waals surface area contributed by atoms with Gasteiger partial charge in [0.05, 0.1) is 4.90 Å². The Morgan fingerprint density at radius 2 is 1.71 bits per heavy atom. The minimum absolute atomic E-state index is 0.0301. The van der Waals surface area contributed by atoms with Gasteiger partial charge in [-0.25, -0.2) is 8.42 Å². The largest absolute Gasteiger partial charge is 0.342 e. The summed E-state index contributed by atoms with van der Waals surface area (Å²) in [5.41, 5.74) is 0. The van der Waals surface area contributed by atoms with E-state index in [1.165, 1.54) is 10.7 Å². The van der Waals surface area contributed by atoms with Crippen molar-refractivity contribution in [2.24, 2.45) is 11.8 Å². The molecule has 2 aliphatic rings. The van der Waals surface area contributed by atoms with Crippen molar-refractivity contribution in [2.75, 3.05) is 26.2 Å². The normalized spacial score (nSPS) is 24.0. The van der Waals surface area contributed by atoms with Gasteiger partial charge in [-0.15, -0.1) is 0 Å². The summed E-state index contributed by atoms with van der Waals surface area (Å²) in [5.74, 6) is 0.761. The molecule has 2 fully saturated rings. The van der Waals surface area contributed by atoms with Gasteiger partial charge in [-0.3, -0.25) is 4.79 Å². The van der Waals surface area contributed by atoms with E-state index in [1.54, 1.807) is 24.3 Å². The van der Waals surface area contributed by atoms with Crippen LogP contribution in [0.1, 0.15) is 32.6 Å². The minimum Gasteiger partial charge on any atom is -0.342 e. The maximum Gasteiger partial charge on any atom is 0.243 e. The van der Waals surface area contributed by atoms with E-state index in [1.807, 2.05) is 11.0 Å². The summed E-state index contributed by atoms with van der Waals surface area (Å²) >= 11 is 0. The highest BCUT2D eigenvalue weighted by Gasteiger charge is 2.34. The monoisotopic (exact) mass is 350 g/mol. The fourth-order valence-corrected chi connectivity index (χ4v) is 5.22. The Labute approximate surface area is 144 Å². The van der Waals surface area contributed by atoms with Crippen LogP contribution in [0.25, 0.3) is 0 Å². The van der Waals surface area contributed by atoms with Crippen molar-refractivity contribution >= 4 is 15.9 Å². The molecule has 0 aliphatic carbocycles. The molecule has 1 amide bonds. The number of carbonyl (C=O) groups excluding carboxylic acids is 1. The van der Waals surface area contributed by atoms with Crippen molar-refractivity contribution in [2.45, 2.75) is 37.5 Å². The van der Waals surface area contributed by atoms with Crippen LogP contribution in [0.5, 0.6) is 0 Å². The third-order valence-electron chi connectivity index (χ3n) is 5.15. The summed E-state index contributed by atoms with van der Waals surface area (Å²) in [6.07, 6.45) is 3.51. The number of likely N-dealkylation sites (tertiary alicyclic amines) is 1. The lowest BCUT2D eigenvalue weighted by Crippen LogP contribution is -2.46. The number of piperidine rings is 2. The SMILES string of the molecule is C[C@@H]1CCCN(C(=O)C2CCN(S(=O)(=O)c3ccccc3)CC2)C1. The van der Waals surface area contributed by atoms with Gasteiger partial charge >= 0.3 is 0 Å². The number of amides is 1. The molecule has 0 N–H and O–H groups in total. The van der Waals surface area contributed by atoms with E-state index in [-0.39, 0.29) is 11.8 Å². The van der Waals surface area contributed by atoms with Gasteiger partial charge in [0.15, 0.2) is 0 Å². The van der Waals surface area contributed by atoms with Crippen LogP contribution in [0.2, 0.25) is 0 Å². The van der Waals surface area contributed by atoms with Gasteiger partial charge in [-0.2, -0.15) is 4.31 Å². The van der Waals surface area contributed by atoms with Crippen molar-refractivity contribution in [3.63, 3.8) is 0 Å². The zero-order valence-corrected chi connectivity index (χ0v) is 15.0. The average molecular weight is 350 g/mol. The summed E-state index contributed by atoms with van der Waals surface area (Å²) < 4.78 is 26.8. The van der Waals surface area contributed by atoms with Crippen molar-refractivity contribution < 1.29 is 13.2 Å². The predicted octanol–water partition coefficient (Wildman–Crippen LogP) is 2.35. The van der Waals surface area contributed by atoms with Crippen molar-refractivity contribution in [1.82, 2.24) is 9.21 Å². The third-order valence-corrected chi connectivity index (χ3v) is 7.07. The first kappa shape index (κ1) is 17.4. The molecule has 2 heterocycles. The van der Waals surface area contributed by atoms with E-state index in [4.69, 9.17) is 0 Å². The fraction of sp³-hybridized carbons (Fsp3) is 0.611. The Balaban J connectivity index is 1.60. The molecule has 132 valence electrons. The second-order valence-corrected chi connectivity index (χ2v) is 8.96. The molecule has 24 heavy (non-hydrogen) atoms. The van der Waals surface area contributed by atoms with Crippen molar-refractivity contribution in [3.8, 4) is 0 Å². The van der Waals surface area contributed by atoms with Crippen molar-refractivity contribution in [1.29, 1.82) is 0 Å². The lowest BCUT2D eigenvalue weighted by atomic mass is 9.93. The molecule has 1 atom stereocenters. The first-order valence-electron chi connectivity index (χ1n) is 8.82. The molecular weight excluding hydrogens is 324 g/mol. The van der Waals surface area contributed by atoms with Gasteiger partial charge in [-0.05, 0) is 43.7 Å². The topological polar surface area (TPSA) is 57.7 Å². The maximum atomic E-state index is 12.7. The van der Waals surface area contributed by atoms with Gasteiger partial charge in [-0.1, -0.05) is 25.1 Å². The van der Waals surface area contributed by atoms with Gasteiger partial charge < -0.3 is 4.90 Å². The summed E-state index contributed by atoms with van der Waals surface area (Å²) in [7, 11) is -3.44. The molecule has 0 unspecified atom stereocenters. The minimum atomic E-state index is -3.44. The molecule has 0 bridgehead atoms. The van der Waals surface area contributed by atoms with Crippen LogP contribution in [0, 0.1) is 11.8 Å². The molecule has 5 nitrogen and oxygen atoms in total. The van der Waals surface area contributed by atoms with Crippen LogP contribution in [0.3, 0.4) is 0 Å². The van der Waals surface area contributed by atoms with Crippen LogP contribution in [0.15, 0.2) is 35.2 Å². The molecule has 0 spiro atoms. The maximum absolute atomic E-state index is 12.7. The van der Waals surface area contributed by atoms with Crippen LogP contribution in [0.4, 0.5) is 0 Å². The predicted molar refractivity (Wildman–Crippen MR) is 92.9 cm³/mol. The molecule has 2 aliphatic heterocycles. The highest BCUT2D eigenvalue weighted by molar-refractivity contribution is 7.89. The molecule has 0 saturated carbocycles. The number of hydrogen-bond donors (Lipinski definition) is 0. The number of nitrogens with zero attached hydrogens (tertiary/aromatic N) is 2. The molecule has 3 rings (SSSR count). The average Bonchev–Trinajstić information content (AvgIpc) is 2.62. The van der Waals surface area contributed by atoms with Gasteiger partial charge in [0.1, 0.15) is 0 Å². The zero-order valence-electron chi connectivity index (χ0n) is 14.2. The second kappa shape index (κ2) is 7.23. The highest BCUT2D eigenvalue weighted by Crippen LogP contribution is 2.26. The molecule has 1 aromatic rings. The van der Waals surface area contributed by atoms with Crippen LogP contribution >= 0.6 is 0 Å². The molecule has 0 aromatic heterocycles. The molecule has 1 aromatic carbocycles. The van der Waals surface area contributed by atoms with E-state index in [0.29, 0.717) is 36.7 Å². The number of benzene rings is 1. The third kappa shape index (κ3) is 3.64. The lowest BCUT2D eigenvalue weighted by Gasteiger charge is -2.36. The number of carbonyl (C=O) groups is 1. The standard InChI is InChI=1S/C18H26N2O3S/c1-15-6-5-11-19(14-15)18(21)16-9-12-20(13-10-16)24(22,23)17-7-3-2-4-8-17/h2-4,7-8,15-16H,5-6,9-14H2,1H3/t15-/m1/s1. The number of rotatable bonds is 3. The number of hydrogen-bond acceptors (Lipinski definition) is 3. The van der Waals surface area contributed by atoms with Gasteiger partial charge in [0.25, 0.3) is 0 Å². The summed E-state index contributed by atoms with van der Waals surface area (Å²) in [6, 6.07) is 8.54. The summed E-state index contributed by atoms with van der Waals surface area (Å²) in [4.78, 5) is 15.0. The summed E-state index contributed by atoms with van der Waals surface area (Å²) in [6.45, 7) is 4.75. The first-order valence-corrected chi connectivity index (χ1v) is 10.3. The molecule has 0 radical (unpaired) electrons. The van der Waals surface area contributed by atoms with Crippen LogP contribution < -0.4 is 0 Å². The zero-order chi connectivity index (χ0) is 17.2. The Kier molecular flexibility index (Phi) is 5.25. The quantitative estimate of drug-likeness (QED) is 0.841. The van der Waals surface area contributed by atoms with E-state index >= 15 is 0 Å². The van der Waals surface area contributed by atoms with Gasteiger partial charge in [0, 0.05) is 32.1 Å². The first-order chi connectivity index (χ1) is 11.5. The Bertz CT molecular complexity index is 667. The smallest absolute Gasteiger partial charge is 0.243 e. The van der Waals surface area contributed by atoms with E-state index in [9.17, 15) is 13.2 Å². The Morgan fingerprint density at radius 3 is 2.33 bits per heavy atom. The van der Waals surface area contributed by atoms with Gasteiger partial charge in [0.2, 0.25) is 15.9 Å². The lowest BCUT2D eigenvalue weighted by molar-refractivity contribution is -0.138. The van der Waals surface area contributed by atoms with E-state index < -0.39 is 10.0 Å².